The highest BCUT2D eigenvalue weighted by atomic mass is 32.2. The number of nitrogens with zero attached hydrogens (tertiary/aromatic N) is 1. The Morgan fingerprint density at radius 1 is 1.31 bits per heavy atom. The fourth-order valence-electron chi connectivity index (χ4n) is 1.38. The summed E-state index contributed by atoms with van der Waals surface area (Å²) in [4.78, 5) is 4.17. The van der Waals surface area contributed by atoms with Crippen molar-refractivity contribution in [2.45, 2.75) is 6.92 Å². The summed E-state index contributed by atoms with van der Waals surface area (Å²) in [6, 6.07) is 9.34. The van der Waals surface area contributed by atoms with E-state index < -0.39 is 10.0 Å². The van der Waals surface area contributed by atoms with Crippen molar-refractivity contribution in [3.63, 3.8) is 0 Å². The molecule has 0 saturated heterocycles. The van der Waals surface area contributed by atoms with Crippen LogP contribution < -0.4 is 4.72 Å². The predicted molar refractivity (Wildman–Crippen MR) is 64.8 cm³/mol. The Labute approximate surface area is 94.4 Å². The summed E-state index contributed by atoms with van der Waals surface area (Å²) in [6.07, 6.45) is 1.52. The Hall–Kier alpha value is -1.62. The fourth-order valence-corrected chi connectivity index (χ4v) is 1.99. The molecule has 0 aliphatic heterocycles. The maximum Gasteiger partial charge on any atom is 0.232 e. The second-order valence-electron chi connectivity index (χ2n) is 3.42. The Balaban J connectivity index is 2.40. The molecule has 2 aromatic rings. The predicted octanol–water partition coefficient (Wildman–Crippen LogP) is 2.00. The number of nitrogens with one attached hydrogen (secondary N) is 1. The lowest BCUT2D eigenvalue weighted by Crippen LogP contribution is -2.14. The lowest BCUT2D eigenvalue weighted by Gasteiger charge is -2.06. The molecule has 5 heteroatoms. The number of hydrogen-bond donors (Lipinski definition) is 1. The van der Waals surface area contributed by atoms with Crippen LogP contribution in [-0.2, 0) is 10.0 Å². The number of rotatable bonds is 3. The van der Waals surface area contributed by atoms with Crippen LogP contribution in [0.2, 0.25) is 0 Å². The molecule has 16 heavy (non-hydrogen) atoms. The van der Waals surface area contributed by atoms with Crippen molar-refractivity contribution in [1.29, 1.82) is 0 Å². The zero-order valence-corrected chi connectivity index (χ0v) is 9.66. The number of benzene rings is 1. The van der Waals surface area contributed by atoms with E-state index in [9.17, 15) is 8.42 Å². The second-order valence-corrected chi connectivity index (χ2v) is 5.43. The summed E-state index contributed by atoms with van der Waals surface area (Å²) >= 11 is 0. The first-order valence-corrected chi connectivity index (χ1v) is 6.61. The first-order chi connectivity index (χ1) is 7.61. The van der Waals surface area contributed by atoms with E-state index in [4.69, 9.17) is 0 Å². The minimum atomic E-state index is -3.23. The zero-order chi connectivity index (χ0) is 11.6. The third-order valence-corrected chi connectivity index (χ3v) is 3.55. The van der Waals surface area contributed by atoms with E-state index in [-0.39, 0.29) is 5.75 Å². The minimum absolute atomic E-state index is 0.0554. The topological polar surface area (TPSA) is 59.1 Å². The number of anilines is 1. The molecule has 0 unspecified atom stereocenters. The fraction of sp³-hybridized carbons (Fsp3) is 0.182. The number of pyridine rings is 1. The van der Waals surface area contributed by atoms with E-state index in [1.165, 1.54) is 6.20 Å². The summed E-state index contributed by atoms with van der Waals surface area (Å²) in [5, 5.41) is 0.916. The molecule has 2 rings (SSSR count). The number of fused-ring (bicyclic) bond motifs is 1. The van der Waals surface area contributed by atoms with Crippen LogP contribution in [0.1, 0.15) is 6.92 Å². The Morgan fingerprint density at radius 3 is 2.81 bits per heavy atom. The van der Waals surface area contributed by atoms with Crippen LogP contribution >= 0.6 is 0 Å². The summed E-state index contributed by atoms with van der Waals surface area (Å²) in [7, 11) is -3.23. The van der Waals surface area contributed by atoms with Crippen LogP contribution in [0.5, 0.6) is 0 Å². The molecule has 1 aromatic carbocycles. The maximum absolute atomic E-state index is 11.4. The molecule has 1 aromatic heterocycles. The van der Waals surface area contributed by atoms with Gasteiger partial charge in [-0.25, -0.2) is 8.42 Å². The van der Waals surface area contributed by atoms with Gasteiger partial charge < -0.3 is 0 Å². The van der Waals surface area contributed by atoms with Crippen LogP contribution in [0.4, 0.5) is 5.69 Å². The summed E-state index contributed by atoms with van der Waals surface area (Å²) in [6.45, 7) is 1.59. The number of para-hydroxylation sites is 1. The van der Waals surface area contributed by atoms with Crippen LogP contribution in [0.25, 0.3) is 10.9 Å². The van der Waals surface area contributed by atoms with Gasteiger partial charge >= 0.3 is 0 Å². The molecular formula is C11H12N2O2S. The number of hydrogen-bond acceptors (Lipinski definition) is 3. The van der Waals surface area contributed by atoms with Crippen LogP contribution in [0, 0.1) is 0 Å². The molecule has 0 bridgehead atoms. The van der Waals surface area contributed by atoms with Crippen molar-refractivity contribution < 1.29 is 8.42 Å². The molecule has 0 atom stereocenters. The normalized spacial score (nSPS) is 11.6. The Kier molecular flexibility index (Phi) is 2.78. The van der Waals surface area contributed by atoms with E-state index in [2.05, 4.69) is 9.71 Å². The second kappa shape index (κ2) is 4.09. The lowest BCUT2D eigenvalue weighted by molar-refractivity contribution is 0.602. The van der Waals surface area contributed by atoms with Crippen molar-refractivity contribution in [2.24, 2.45) is 0 Å². The molecule has 1 N–H and O–H groups in total. The van der Waals surface area contributed by atoms with E-state index in [1.807, 2.05) is 24.3 Å². The van der Waals surface area contributed by atoms with Crippen molar-refractivity contribution in [1.82, 2.24) is 4.98 Å². The Bertz CT molecular complexity index is 608. The summed E-state index contributed by atoms with van der Waals surface area (Å²) in [5.74, 6) is 0.0554. The molecule has 0 fully saturated rings. The highest BCUT2D eigenvalue weighted by Gasteiger charge is 2.07. The van der Waals surface area contributed by atoms with Gasteiger partial charge in [-0.15, -0.1) is 0 Å². The van der Waals surface area contributed by atoms with E-state index in [1.54, 1.807) is 13.0 Å². The largest absolute Gasteiger partial charge is 0.282 e. The van der Waals surface area contributed by atoms with Gasteiger partial charge in [0, 0.05) is 5.39 Å². The van der Waals surface area contributed by atoms with Crippen molar-refractivity contribution in [3.05, 3.63) is 36.5 Å². The molecule has 0 saturated carbocycles. The molecule has 0 aliphatic rings. The number of aromatic nitrogens is 1. The Morgan fingerprint density at radius 2 is 2.06 bits per heavy atom. The summed E-state index contributed by atoms with van der Waals surface area (Å²) < 4.78 is 25.2. The first-order valence-electron chi connectivity index (χ1n) is 4.96. The molecule has 4 nitrogen and oxygen atoms in total. The highest BCUT2D eigenvalue weighted by Crippen LogP contribution is 2.16. The quantitative estimate of drug-likeness (QED) is 0.886. The first kappa shape index (κ1) is 10.9. The van der Waals surface area contributed by atoms with E-state index >= 15 is 0 Å². The van der Waals surface area contributed by atoms with Gasteiger partial charge in [0.1, 0.15) is 0 Å². The van der Waals surface area contributed by atoms with Gasteiger partial charge in [0.25, 0.3) is 0 Å². The van der Waals surface area contributed by atoms with Gasteiger partial charge in [0.15, 0.2) is 0 Å². The average Bonchev–Trinajstić information content (AvgIpc) is 2.28. The van der Waals surface area contributed by atoms with Crippen LogP contribution in [-0.4, -0.2) is 19.2 Å². The molecule has 0 amide bonds. The molecule has 0 aliphatic carbocycles. The maximum atomic E-state index is 11.4. The van der Waals surface area contributed by atoms with Crippen molar-refractivity contribution in [3.8, 4) is 0 Å². The molecule has 1 heterocycles. The SMILES string of the molecule is CCS(=O)(=O)Nc1cnc2ccccc2c1. The van der Waals surface area contributed by atoms with Crippen molar-refractivity contribution in [2.75, 3.05) is 10.5 Å². The average molecular weight is 236 g/mol. The van der Waals surface area contributed by atoms with Gasteiger partial charge in [-0.05, 0) is 19.1 Å². The molecular weight excluding hydrogens is 224 g/mol. The standard InChI is InChI=1S/C11H12N2O2S/c1-2-16(14,15)13-10-7-9-5-3-4-6-11(9)12-8-10/h3-8,13H,2H2,1H3. The van der Waals surface area contributed by atoms with Crippen molar-refractivity contribution >= 4 is 26.6 Å². The third kappa shape index (κ3) is 2.30. The monoisotopic (exact) mass is 236 g/mol. The molecule has 0 radical (unpaired) electrons. The van der Waals surface area contributed by atoms with Crippen LogP contribution in [0.3, 0.4) is 0 Å². The van der Waals surface area contributed by atoms with E-state index in [0.29, 0.717) is 5.69 Å². The van der Waals surface area contributed by atoms with Gasteiger partial charge in [0.2, 0.25) is 10.0 Å². The van der Waals surface area contributed by atoms with Crippen LogP contribution in [0.15, 0.2) is 36.5 Å². The molecule has 84 valence electrons. The zero-order valence-electron chi connectivity index (χ0n) is 8.84. The minimum Gasteiger partial charge on any atom is -0.282 e. The third-order valence-electron chi connectivity index (χ3n) is 2.24. The summed E-state index contributed by atoms with van der Waals surface area (Å²) in [5.41, 5.74) is 1.35. The van der Waals surface area contributed by atoms with Gasteiger partial charge in [-0.2, -0.15) is 0 Å². The smallest absolute Gasteiger partial charge is 0.232 e. The number of sulfonamides is 1. The van der Waals surface area contributed by atoms with E-state index in [0.717, 1.165) is 10.9 Å². The highest BCUT2D eigenvalue weighted by molar-refractivity contribution is 7.92. The van der Waals surface area contributed by atoms with Gasteiger partial charge in [-0.1, -0.05) is 18.2 Å². The van der Waals surface area contributed by atoms with Gasteiger partial charge in [0.05, 0.1) is 23.2 Å². The molecule has 0 spiro atoms. The lowest BCUT2D eigenvalue weighted by atomic mass is 10.2. The van der Waals surface area contributed by atoms with Gasteiger partial charge in [-0.3, -0.25) is 9.71 Å².